The number of aromatic nitrogens is 1. The molecule has 1 aliphatic heterocycles. The molecule has 2 heterocycles. The van der Waals surface area contributed by atoms with Crippen molar-refractivity contribution in [1.82, 2.24) is 14.8 Å². The summed E-state index contributed by atoms with van der Waals surface area (Å²) in [5, 5.41) is 4.09. The van der Waals surface area contributed by atoms with E-state index in [9.17, 15) is 4.79 Å². The first-order valence-electron chi connectivity index (χ1n) is 6.96. The van der Waals surface area contributed by atoms with Crippen molar-refractivity contribution in [3.05, 3.63) is 23.0 Å². The molecule has 1 amide bonds. The quantitative estimate of drug-likeness (QED) is 0.920. The number of nitrogens with zero attached hydrogens (tertiary/aromatic N) is 2. The molecule has 5 heteroatoms. The second-order valence-electron chi connectivity index (χ2n) is 5.15. The van der Waals surface area contributed by atoms with Gasteiger partial charge in [-0.3, -0.25) is 4.79 Å². The van der Waals surface area contributed by atoms with E-state index in [1.54, 1.807) is 16.8 Å². The summed E-state index contributed by atoms with van der Waals surface area (Å²) in [7, 11) is 1.85. The first-order chi connectivity index (χ1) is 9.11. The Morgan fingerprint density at radius 1 is 1.58 bits per heavy atom. The highest BCUT2D eigenvalue weighted by Crippen LogP contribution is 2.16. The van der Waals surface area contributed by atoms with E-state index < -0.39 is 0 Å². The van der Waals surface area contributed by atoms with E-state index in [1.165, 1.54) is 12.8 Å². The molecular weight excluding hydrogens is 262 g/mol. The highest BCUT2D eigenvalue weighted by molar-refractivity contribution is 6.31. The van der Waals surface area contributed by atoms with Crippen LogP contribution in [0.2, 0.25) is 5.02 Å². The van der Waals surface area contributed by atoms with Crippen molar-refractivity contribution in [1.29, 1.82) is 0 Å². The second kappa shape index (κ2) is 6.44. The number of aryl methyl sites for hydroxylation is 1. The molecule has 1 fully saturated rings. The number of hydrogen-bond acceptors (Lipinski definition) is 2. The third-order valence-corrected chi connectivity index (χ3v) is 3.92. The summed E-state index contributed by atoms with van der Waals surface area (Å²) in [5.41, 5.74) is 0.655. The molecule has 0 aromatic carbocycles. The lowest BCUT2D eigenvalue weighted by atomic mass is 10.0. The molecule has 106 valence electrons. The number of halogens is 1. The van der Waals surface area contributed by atoms with E-state index >= 15 is 0 Å². The molecule has 0 bridgehead atoms. The molecule has 1 aromatic heterocycles. The number of rotatable bonds is 4. The van der Waals surface area contributed by atoms with Gasteiger partial charge in [0.15, 0.2) is 0 Å². The summed E-state index contributed by atoms with van der Waals surface area (Å²) in [5.74, 6) is 0.0595. The van der Waals surface area contributed by atoms with Gasteiger partial charge in [0.1, 0.15) is 5.69 Å². The van der Waals surface area contributed by atoms with Crippen LogP contribution in [-0.2, 0) is 7.05 Å². The predicted octanol–water partition coefficient (Wildman–Crippen LogP) is 2.28. The fourth-order valence-electron chi connectivity index (χ4n) is 2.60. The maximum atomic E-state index is 12.5. The van der Waals surface area contributed by atoms with Gasteiger partial charge >= 0.3 is 0 Å². The zero-order chi connectivity index (χ0) is 13.8. The number of piperidine rings is 1. The number of likely N-dealkylation sites (N-methyl/N-ethyl adjacent to an activating group) is 1. The van der Waals surface area contributed by atoms with Crippen molar-refractivity contribution >= 4 is 17.5 Å². The molecule has 4 nitrogen and oxygen atoms in total. The molecule has 1 unspecified atom stereocenters. The predicted molar refractivity (Wildman–Crippen MR) is 77.6 cm³/mol. The van der Waals surface area contributed by atoms with E-state index in [1.807, 2.05) is 18.9 Å². The zero-order valence-electron chi connectivity index (χ0n) is 11.7. The minimum absolute atomic E-state index is 0.0595. The summed E-state index contributed by atoms with van der Waals surface area (Å²) in [6, 6.07) is 2.16. The lowest BCUT2D eigenvalue weighted by molar-refractivity contribution is 0.0732. The van der Waals surface area contributed by atoms with Crippen molar-refractivity contribution in [2.24, 2.45) is 7.05 Å². The Bertz CT molecular complexity index is 438. The van der Waals surface area contributed by atoms with Gasteiger partial charge in [-0.05, 0) is 32.4 Å². The average Bonchev–Trinajstić information content (AvgIpc) is 2.75. The number of carbonyl (C=O) groups is 1. The van der Waals surface area contributed by atoms with Gasteiger partial charge in [-0.1, -0.05) is 18.0 Å². The molecule has 19 heavy (non-hydrogen) atoms. The molecule has 0 spiro atoms. The maximum absolute atomic E-state index is 12.5. The summed E-state index contributed by atoms with van der Waals surface area (Å²) in [6.45, 7) is 4.58. The second-order valence-corrected chi connectivity index (χ2v) is 5.58. The van der Waals surface area contributed by atoms with Crippen molar-refractivity contribution in [2.45, 2.75) is 32.2 Å². The van der Waals surface area contributed by atoms with Gasteiger partial charge in [0.05, 0.1) is 5.02 Å². The Labute approximate surface area is 119 Å². The highest BCUT2D eigenvalue weighted by Gasteiger charge is 2.22. The average molecular weight is 284 g/mol. The number of amides is 1. The molecule has 1 atom stereocenters. The van der Waals surface area contributed by atoms with Crippen LogP contribution in [0.3, 0.4) is 0 Å². The molecule has 1 saturated heterocycles. The number of nitrogens with one attached hydrogen (secondary N) is 1. The minimum atomic E-state index is 0.0595. The van der Waals surface area contributed by atoms with Gasteiger partial charge in [0.25, 0.3) is 5.91 Å². The Morgan fingerprint density at radius 2 is 2.37 bits per heavy atom. The molecule has 0 saturated carbocycles. The molecule has 0 radical (unpaired) electrons. The van der Waals surface area contributed by atoms with Gasteiger partial charge in [0.2, 0.25) is 0 Å². The van der Waals surface area contributed by atoms with Crippen LogP contribution in [0, 0.1) is 0 Å². The third-order valence-electron chi connectivity index (χ3n) is 3.71. The van der Waals surface area contributed by atoms with Gasteiger partial charge in [-0.2, -0.15) is 0 Å². The maximum Gasteiger partial charge on any atom is 0.270 e. The SMILES string of the molecule is CCN(CC1CCCCN1)C(=O)c1cc(Cl)cn1C. The van der Waals surface area contributed by atoms with Crippen LogP contribution in [0.25, 0.3) is 0 Å². The standard InChI is InChI=1S/C14H22ClN3O/c1-3-18(10-12-6-4-5-7-16-12)14(19)13-8-11(15)9-17(13)2/h8-9,12,16H,3-7,10H2,1-2H3. The van der Waals surface area contributed by atoms with Crippen LogP contribution in [0.15, 0.2) is 12.3 Å². The summed E-state index contributed by atoms with van der Waals surface area (Å²) in [6.07, 6.45) is 5.41. The largest absolute Gasteiger partial charge is 0.345 e. The Morgan fingerprint density at radius 3 is 2.89 bits per heavy atom. The summed E-state index contributed by atoms with van der Waals surface area (Å²) in [4.78, 5) is 14.4. The monoisotopic (exact) mass is 283 g/mol. The smallest absolute Gasteiger partial charge is 0.270 e. The van der Waals surface area contributed by atoms with Crippen molar-refractivity contribution in [3.8, 4) is 0 Å². The Kier molecular flexibility index (Phi) is 4.88. The van der Waals surface area contributed by atoms with E-state index in [4.69, 9.17) is 11.6 Å². The first kappa shape index (κ1) is 14.4. The lowest BCUT2D eigenvalue weighted by Crippen LogP contribution is -2.46. The first-order valence-corrected chi connectivity index (χ1v) is 7.34. The molecule has 2 rings (SSSR count). The molecule has 0 aliphatic carbocycles. The summed E-state index contributed by atoms with van der Waals surface area (Å²) < 4.78 is 1.79. The van der Waals surface area contributed by atoms with Crippen molar-refractivity contribution in [2.75, 3.05) is 19.6 Å². The van der Waals surface area contributed by atoms with Crippen LogP contribution < -0.4 is 5.32 Å². The Hall–Kier alpha value is -1.00. The van der Waals surface area contributed by atoms with Crippen LogP contribution in [-0.4, -0.2) is 41.1 Å². The third kappa shape index (κ3) is 3.51. The lowest BCUT2D eigenvalue weighted by Gasteiger charge is -2.30. The highest BCUT2D eigenvalue weighted by atomic mass is 35.5. The fourth-order valence-corrected chi connectivity index (χ4v) is 2.85. The number of carbonyl (C=O) groups excluding carboxylic acids is 1. The summed E-state index contributed by atoms with van der Waals surface area (Å²) >= 11 is 5.95. The zero-order valence-corrected chi connectivity index (χ0v) is 12.4. The minimum Gasteiger partial charge on any atom is -0.345 e. The van der Waals surface area contributed by atoms with Crippen molar-refractivity contribution in [3.63, 3.8) is 0 Å². The van der Waals surface area contributed by atoms with Crippen LogP contribution in [0.5, 0.6) is 0 Å². The molecule has 1 N–H and O–H groups in total. The Balaban J connectivity index is 2.04. The van der Waals surface area contributed by atoms with Gasteiger partial charge in [0, 0.05) is 32.4 Å². The van der Waals surface area contributed by atoms with E-state index in [0.717, 1.165) is 26.1 Å². The van der Waals surface area contributed by atoms with E-state index in [-0.39, 0.29) is 5.91 Å². The topological polar surface area (TPSA) is 37.3 Å². The van der Waals surface area contributed by atoms with Gasteiger partial charge in [-0.15, -0.1) is 0 Å². The van der Waals surface area contributed by atoms with Crippen LogP contribution >= 0.6 is 11.6 Å². The van der Waals surface area contributed by atoms with Gasteiger partial charge in [-0.25, -0.2) is 0 Å². The van der Waals surface area contributed by atoms with Crippen LogP contribution in [0.1, 0.15) is 36.7 Å². The fraction of sp³-hybridized carbons (Fsp3) is 0.643. The molecule has 1 aliphatic rings. The molecular formula is C14H22ClN3O. The normalized spacial score (nSPS) is 19.4. The van der Waals surface area contributed by atoms with Gasteiger partial charge < -0.3 is 14.8 Å². The van der Waals surface area contributed by atoms with E-state index in [0.29, 0.717) is 16.8 Å². The van der Waals surface area contributed by atoms with Crippen LogP contribution in [0.4, 0.5) is 0 Å². The molecule has 1 aromatic rings. The number of hydrogen-bond donors (Lipinski definition) is 1. The van der Waals surface area contributed by atoms with E-state index in [2.05, 4.69) is 5.32 Å². The van der Waals surface area contributed by atoms with Crippen molar-refractivity contribution < 1.29 is 4.79 Å².